The second-order valence-electron chi connectivity index (χ2n) is 2.23. The highest BCUT2D eigenvalue weighted by molar-refractivity contribution is 7.89. The van der Waals surface area contributed by atoms with Crippen molar-refractivity contribution in [2.45, 2.75) is 11.4 Å². The maximum absolute atomic E-state index is 11.3. The zero-order valence-corrected chi connectivity index (χ0v) is 7.50. The van der Waals surface area contributed by atoms with Crippen molar-refractivity contribution in [2.75, 3.05) is 6.54 Å². The fourth-order valence-electron chi connectivity index (χ4n) is 0.712. The number of H-pyrrole nitrogens is 1. The summed E-state index contributed by atoms with van der Waals surface area (Å²) in [7, 11) is -3.51. The van der Waals surface area contributed by atoms with E-state index in [1.165, 1.54) is 12.3 Å². The molecule has 7 heteroatoms. The van der Waals surface area contributed by atoms with Crippen molar-refractivity contribution in [2.24, 2.45) is 0 Å². The first kappa shape index (κ1) is 9.70. The number of sulfonamides is 1. The molecule has 0 aromatic carbocycles. The zero-order valence-electron chi connectivity index (χ0n) is 6.69. The number of hydrogen-bond acceptors (Lipinski definition) is 4. The second-order valence-corrected chi connectivity index (χ2v) is 3.96. The van der Waals surface area contributed by atoms with Crippen molar-refractivity contribution in [3.8, 4) is 6.07 Å². The van der Waals surface area contributed by atoms with Crippen LogP contribution in [-0.2, 0) is 10.0 Å². The molecule has 0 aliphatic heterocycles. The highest BCUT2D eigenvalue weighted by atomic mass is 32.2. The van der Waals surface area contributed by atoms with Gasteiger partial charge in [-0.05, 0) is 6.07 Å². The molecule has 0 saturated heterocycles. The van der Waals surface area contributed by atoms with Gasteiger partial charge in [-0.1, -0.05) is 0 Å². The highest BCUT2D eigenvalue weighted by Gasteiger charge is 2.13. The third-order valence-corrected chi connectivity index (χ3v) is 2.68. The van der Waals surface area contributed by atoms with Crippen molar-refractivity contribution < 1.29 is 8.42 Å². The Morgan fingerprint density at radius 1 is 1.69 bits per heavy atom. The summed E-state index contributed by atoms with van der Waals surface area (Å²) in [5.41, 5.74) is 0. The lowest BCUT2D eigenvalue weighted by atomic mass is 10.5. The van der Waals surface area contributed by atoms with Crippen LogP contribution in [0.2, 0.25) is 0 Å². The van der Waals surface area contributed by atoms with Gasteiger partial charge in [0.15, 0.2) is 5.03 Å². The van der Waals surface area contributed by atoms with Gasteiger partial charge in [-0.2, -0.15) is 10.4 Å². The van der Waals surface area contributed by atoms with Crippen molar-refractivity contribution in [3.63, 3.8) is 0 Å². The van der Waals surface area contributed by atoms with Crippen LogP contribution in [0.15, 0.2) is 17.3 Å². The standard InChI is InChI=1S/C6H8N4O2S/c7-3-1-4-9-13(11,12)6-2-5-8-10-6/h2,5,9H,1,4H2,(H,8,10). The predicted octanol–water partition coefficient (Wildman–Crippen LogP) is -0.398. The molecule has 1 rings (SSSR count). The predicted molar refractivity (Wildman–Crippen MR) is 44.0 cm³/mol. The second kappa shape index (κ2) is 4.02. The Hall–Kier alpha value is -1.39. The first-order valence-electron chi connectivity index (χ1n) is 3.53. The molecular formula is C6H8N4O2S. The number of aromatic nitrogens is 2. The summed E-state index contributed by atoms with van der Waals surface area (Å²) >= 11 is 0. The van der Waals surface area contributed by atoms with Gasteiger partial charge in [0.2, 0.25) is 0 Å². The van der Waals surface area contributed by atoms with Gasteiger partial charge >= 0.3 is 0 Å². The minimum Gasteiger partial charge on any atom is -0.266 e. The van der Waals surface area contributed by atoms with Crippen LogP contribution in [0.25, 0.3) is 0 Å². The van der Waals surface area contributed by atoms with E-state index in [9.17, 15) is 8.42 Å². The maximum Gasteiger partial charge on any atom is 0.257 e. The van der Waals surface area contributed by atoms with E-state index in [-0.39, 0.29) is 18.0 Å². The average Bonchev–Trinajstić information content (AvgIpc) is 2.56. The Kier molecular flexibility index (Phi) is 3.00. The Morgan fingerprint density at radius 2 is 2.46 bits per heavy atom. The summed E-state index contributed by atoms with van der Waals surface area (Å²) in [5, 5.41) is 14.0. The number of nitrogens with one attached hydrogen (secondary N) is 2. The fraction of sp³-hybridized carbons (Fsp3) is 0.333. The van der Waals surface area contributed by atoms with E-state index in [2.05, 4.69) is 14.9 Å². The summed E-state index contributed by atoms with van der Waals surface area (Å²) in [6.07, 6.45) is 1.49. The van der Waals surface area contributed by atoms with Gasteiger partial charge in [-0.15, -0.1) is 0 Å². The van der Waals surface area contributed by atoms with Crippen LogP contribution in [0.1, 0.15) is 6.42 Å². The van der Waals surface area contributed by atoms with Crippen LogP contribution in [0.5, 0.6) is 0 Å². The third-order valence-electron chi connectivity index (χ3n) is 1.29. The quantitative estimate of drug-likeness (QED) is 0.646. The van der Waals surface area contributed by atoms with Gasteiger partial charge in [0.1, 0.15) is 0 Å². The molecule has 0 aliphatic rings. The Morgan fingerprint density at radius 3 is 3.00 bits per heavy atom. The molecule has 0 unspecified atom stereocenters. The monoisotopic (exact) mass is 200 g/mol. The van der Waals surface area contributed by atoms with Crippen LogP contribution in [-0.4, -0.2) is 25.2 Å². The molecule has 0 atom stereocenters. The molecule has 1 aromatic rings. The van der Waals surface area contributed by atoms with E-state index in [1.807, 2.05) is 6.07 Å². The Balaban J connectivity index is 2.64. The van der Waals surface area contributed by atoms with Gasteiger partial charge in [-0.3, -0.25) is 5.10 Å². The average molecular weight is 200 g/mol. The van der Waals surface area contributed by atoms with E-state index < -0.39 is 10.0 Å². The Labute approximate surface area is 75.6 Å². The van der Waals surface area contributed by atoms with E-state index in [4.69, 9.17) is 5.26 Å². The number of rotatable bonds is 4. The normalized spacial score (nSPS) is 11.0. The number of nitriles is 1. The van der Waals surface area contributed by atoms with Crippen molar-refractivity contribution in [1.82, 2.24) is 14.9 Å². The lowest BCUT2D eigenvalue weighted by Gasteiger charge is -2.00. The minimum absolute atomic E-state index is 0.00504. The summed E-state index contributed by atoms with van der Waals surface area (Å²) in [6.45, 7) is 0.109. The van der Waals surface area contributed by atoms with Crippen molar-refractivity contribution in [3.05, 3.63) is 12.3 Å². The summed E-state index contributed by atoms with van der Waals surface area (Å²) in [4.78, 5) is 0. The van der Waals surface area contributed by atoms with E-state index >= 15 is 0 Å². The van der Waals surface area contributed by atoms with E-state index in [1.54, 1.807) is 0 Å². The third kappa shape index (κ3) is 2.54. The molecule has 13 heavy (non-hydrogen) atoms. The minimum atomic E-state index is -3.51. The van der Waals surface area contributed by atoms with E-state index in [0.29, 0.717) is 0 Å². The van der Waals surface area contributed by atoms with Crippen LogP contribution >= 0.6 is 0 Å². The summed E-state index contributed by atoms with van der Waals surface area (Å²) < 4.78 is 24.8. The molecule has 70 valence electrons. The molecule has 1 aromatic heterocycles. The van der Waals surface area contributed by atoms with Crippen molar-refractivity contribution >= 4 is 10.0 Å². The molecule has 1 heterocycles. The maximum atomic E-state index is 11.3. The van der Waals surface area contributed by atoms with Gasteiger partial charge in [0.05, 0.1) is 12.3 Å². The molecule has 6 nitrogen and oxygen atoms in total. The molecule has 0 fully saturated rings. The van der Waals surface area contributed by atoms with Gasteiger partial charge < -0.3 is 0 Å². The molecule has 0 saturated carbocycles. The fourth-order valence-corrected chi connectivity index (χ4v) is 1.65. The Bertz CT molecular complexity index is 389. The molecule has 0 bridgehead atoms. The number of hydrogen-bond donors (Lipinski definition) is 2. The SMILES string of the molecule is N#CCCNS(=O)(=O)c1ccn[nH]1. The topological polar surface area (TPSA) is 98.6 Å². The first-order valence-corrected chi connectivity index (χ1v) is 5.01. The van der Waals surface area contributed by atoms with Crippen LogP contribution in [0.3, 0.4) is 0 Å². The number of aromatic amines is 1. The highest BCUT2D eigenvalue weighted by Crippen LogP contribution is 2.01. The number of nitrogens with zero attached hydrogens (tertiary/aromatic N) is 2. The van der Waals surface area contributed by atoms with E-state index in [0.717, 1.165) is 0 Å². The van der Waals surface area contributed by atoms with Crippen LogP contribution in [0.4, 0.5) is 0 Å². The molecule has 2 N–H and O–H groups in total. The molecule has 0 aliphatic carbocycles. The van der Waals surface area contributed by atoms with Crippen molar-refractivity contribution in [1.29, 1.82) is 5.26 Å². The largest absolute Gasteiger partial charge is 0.266 e. The summed E-state index contributed by atoms with van der Waals surface area (Å²) in [5.74, 6) is 0. The first-order chi connectivity index (χ1) is 6.17. The molecule has 0 radical (unpaired) electrons. The van der Waals surface area contributed by atoms with Gasteiger partial charge in [0, 0.05) is 13.0 Å². The lowest BCUT2D eigenvalue weighted by molar-refractivity contribution is 0.578. The van der Waals surface area contributed by atoms with Crippen LogP contribution < -0.4 is 4.72 Å². The zero-order chi connectivity index (χ0) is 9.73. The lowest BCUT2D eigenvalue weighted by Crippen LogP contribution is -2.24. The molecular weight excluding hydrogens is 192 g/mol. The van der Waals surface area contributed by atoms with Gasteiger partial charge in [0.25, 0.3) is 10.0 Å². The van der Waals surface area contributed by atoms with Crippen LogP contribution in [0, 0.1) is 11.3 Å². The summed E-state index contributed by atoms with van der Waals surface area (Å²) in [6, 6.07) is 3.17. The smallest absolute Gasteiger partial charge is 0.257 e. The molecule has 0 amide bonds. The molecule has 0 spiro atoms. The van der Waals surface area contributed by atoms with Gasteiger partial charge in [-0.25, -0.2) is 13.1 Å².